The van der Waals surface area contributed by atoms with E-state index in [0.29, 0.717) is 59.9 Å². The Balaban J connectivity index is 1.72. The molecule has 7 nitrogen and oxygen atoms in total. The normalized spacial score (nSPS) is 15.1. The van der Waals surface area contributed by atoms with Crippen molar-refractivity contribution in [3.05, 3.63) is 106 Å². The summed E-state index contributed by atoms with van der Waals surface area (Å²) in [5.41, 5.74) is 2.99. The summed E-state index contributed by atoms with van der Waals surface area (Å²) in [6.07, 6.45) is 2.96. The van der Waals surface area contributed by atoms with Crippen LogP contribution < -0.4 is 19.6 Å². The maximum Gasteiger partial charge on any atom is 0.338 e. The highest BCUT2D eigenvalue weighted by Gasteiger charge is 2.36. The van der Waals surface area contributed by atoms with Gasteiger partial charge in [-0.3, -0.25) is 9.36 Å². The number of allylic oxidation sites excluding steroid dienone is 1. The van der Waals surface area contributed by atoms with Crippen LogP contribution in [0.1, 0.15) is 49.6 Å². The molecule has 1 atom stereocenters. The number of nitrogens with zero attached hydrogens (tertiary/aromatic N) is 2. The first-order chi connectivity index (χ1) is 19.7. The number of fused-ring (bicyclic) bond motifs is 1. The minimum absolute atomic E-state index is 0.179. The number of thiazole rings is 1. The van der Waals surface area contributed by atoms with Gasteiger partial charge in [-0.05, 0) is 68.3 Å². The monoisotopic (exact) mass is 610 g/mol. The number of rotatable bonds is 8. The third kappa shape index (κ3) is 5.64. The lowest BCUT2D eigenvalue weighted by Gasteiger charge is -2.27. The lowest BCUT2D eigenvalue weighted by molar-refractivity contribution is -0.139. The second-order valence-corrected chi connectivity index (χ2v) is 11.3. The summed E-state index contributed by atoms with van der Waals surface area (Å²) in [5, 5.41) is 1.05. The Morgan fingerprint density at radius 1 is 1.12 bits per heavy atom. The summed E-state index contributed by atoms with van der Waals surface area (Å²) in [6, 6.07) is 13.5. The first-order valence-electron chi connectivity index (χ1n) is 13.2. The molecular formula is C31H28Cl2N2O5S. The quantitative estimate of drug-likeness (QED) is 0.214. The van der Waals surface area contributed by atoms with Gasteiger partial charge in [-0.25, -0.2) is 9.79 Å². The largest absolute Gasteiger partial charge is 0.496 e. The van der Waals surface area contributed by atoms with Gasteiger partial charge in [0.15, 0.2) is 4.80 Å². The van der Waals surface area contributed by atoms with Gasteiger partial charge in [0, 0.05) is 27.2 Å². The molecule has 1 aliphatic rings. The maximum absolute atomic E-state index is 14.0. The SMILES string of the molecule is CCCC1=C(C(=O)OCC)[C@H](c2cc(Cl)ccc2OC)n2c(s/c(=C/c3ccc(-c4cc(Cl)ccc4C)o3)c2=O)=N1. The third-order valence-electron chi connectivity index (χ3n) is 6.74. The Labute approximate surface area is 251 Å². The van der Waals surface area contributed by atoms with E-state index in [2.05, 4.69) is 0 Å². The van der Waals surface area contributed by atoms with Crippen LogP contribution in [0.4, 0.5) is 0 Å². The maximum atomic E-state index is 14.0. The number of carbonyl (C=O) groups is 1. The van der Waals surface area contributed by atoms with Crippen molar-refractivity contribution in [2.24, 2.45) is 4.99 Å². The average molecular weight is 612 g/mol. The molecule has 0 spiro atoms. The van der Waals surface area contributed by atoms with Crippen LogP contribution >= 0.6 is 34.5 Å². The summed E-state index contributed by atoms with van der Waals surface area (Å²) < 4.78 is 19.1. The Kier molecular flexibility index (Phi) is 8.54. The zero-order valence-corrected chi connectivity index (χ0v) is 25.3. The number of carbonyl (C=O) groups excluding carboxylic acids is 1. The van der Waals surface area contributed by atoms with Gasteiger partial charge in [0.05, 0.1) is 29.5 Å². The third-order valence-corrected chi connectivity index (χ3v) is 8.20. The topological polar surface area (TPSA) is 83.0 Å². The molecule has 0 saturated carbocycles. The fourth-order valence-corrected chi connectivity index (χ4v) is 6.25. The minimum Gasteiger partial charge on any atom is -0.496 e. The average Bonchev–Trinajstić information content (AvgIpc) is 3.53. The van der Waals surface area contributed by atoms with E-state index < -0.39 is 12.0 Å². The van der Waals surface area contributed by atoms with E-state index in [1.807, 2.05) is 38.1 Å². The number of hydrogen-bond donors (Lipinski definition) is 0. The molecular weight excluding hydrogens is 583 g/mol. The first kappa shape index (κ1) is 28.9. The molecule has 0 saturated heterocycles. The standard InChI is InChI=1S/C31H28Cl2N2O5S/c1-5-7-23-27(30(37)39-6-2)28(22-15-19(33)10-12-24(22)38-4)35-29(36)26(41-31(35)34-23)16-20-11-13-25(40-20)21-14-18(32)9-8-17(21)3/h8-16,28H,5-7H2,1-4H3/b26-16+/t28-/m0/s1. The summed E-state index contributed by atoms with van der Waals surface area (Å²) in [6.45, 7) is 5.90. The van der Waals surface area contributed by atoms with Crippen molar-refractivity contribution in [2.45, 2.75) is 39.7 Å². The van der Waals surface area contributed by atoms with Crippen molar-refractivity contribution in [3.63, 3.8) is 0 Å². The number of furan rings is 1. The highest BCUT2D eigenvalue weighted by Crippen LogP contribution is 2.38. The highest BCUT2D eigenvalue weighted by atomic mass is 35.5. The zero-order valence-electron chi connectivity index (χ0n) is 23.0. The van der Waals surface area contributed by atoms with E-state index >= 15 is 0 Å². The van der Waals surface area contributed by atoms with Gasteiger partial charge < -0.3 is 13.9 Å². The zero-order chi connectivity index (χ0) is 29.3. The molecule has 3 heterocycles. The first-order valence-corrected chi connectivity index (χ1v) is 14.7. The molecule has 0 bridgehead atoms. The van der Waals surface area contributed by atoms with Gasteiger partial charge >= 0.3 is 5.97 Å². The molecule has 0 unspecified atom stereocenters. The number of halogens is 2. The summed E-state index contributed by atoms with van der Waals surface area (Å²) >= 11 is 13.8. The van der Waals surface area contributed by atoms with Crippen LogP contribution in [0, 0.1) is 6.92 Å². The molecule has 1 aliphatic heterocycles. The molecule has 10 heteroatoms. The number of aromatic nitrogens is 1. The van der Waals surface area contributed by atoms with Gasteiger partial charge in [0.1, 0.15) is 23.3 Å². The number of methoxy groups -OCH3 is 1. The van der Waals surface area contributed by atoms with Crippen LogP contribution in [0.2, 0.25) is 10.0 Å². The fraction of sp³-hybridized carbons (Fsp3) is 0.258. The lowest BCUT2D eigenvalue weighted by atomic mass is 9.93. The molecule has 0 fully saturated rings. The molecule has 2 aromatic heterocycles. The van der Waals surface area contributed by atoms with Crippen LogP contribution in [-0.4, -0.2) is 24.3 Å². The van der Waals surface area contributed by atoms with Gasteiger partial charge in [0.25, 0.3) is 5.56 Å². The Morgan fingerprint density at radius 3 is 2.61 bits per heavy atom. The number of benzene rings is 2. The van der Waals surface area contributed by atoms with Crippen LogP contribution in [-0.2, 0) is 9.53 Å². The lowest BCUT2D eigenvalue weighted by Crippen LogP contribution is -2.40. The molecule has 212 valence electrons. The van der Waals surface area contributed by atoms with Crippen molar-refractivity contribution >= 4 is 46.6 Å². The fourth-order valence-electron chi connectivity index (χ4n) is 4.90. The Morgan fingerprint density at radius 2 is 1.88 bits per heavy atom. The Hall–Kier alpha value is -3.59. The van der Waals surface area contributed by atoms with Gasteiger partial charge in [0.2, 0.25) is 0 Å². The number of esters is 1. The van der Waals surface area contributed by atoms with E-state index in [-0.39, 0.29) is 12.2 Å². The van der Waals surface area contributed by atoms with Gasteiger partial charge in [-0.1, -0.05) is 53.9 Å². The predicted molar refractivity (Wildman–Crippen MR) is 162 cm³/mol. The minimum atomic E-state index is -0.844. The number of ether oxygens (including phenoxy) is 2. The van der Waals surface area contributed by atoms with Crippen molar-refractivity contribution in [3.8, 4) is 17.1 Å². The summed E-state index contributed by atoms with van der Waals surface area (Å²) in [5.74, 6) is 1.09. The van der Waals surface area contributed by atoms with E-state index in [4.69, 9.17) is 42.1 Å². The van der Waals surface area contributed by atoms with Gasteiger partial charge in [-0.15, -0.1) is 0 Å². The van der Waals surface area contributed by atoms with Crippen LogP contribution in [0.3, 0.4) is 0 Å². The summed E-state index contributed by atoms with van der Waals surface area (Å²) in [4.78, 5) is 32.7. The molecule has 0 aliphatic carbocycles. The van der Waals surface area contributed by atoms with E-state index in [9.17, 15) is 9.59 Å². The molecule has 0 radical (unpaired) electrons. The van der Waals surface area contributed by atoms with Gasteiger partial charge in [-0.2, -0.15) is 0 Å². The number of aryl methyl sites for hydroxylation is 1. The second kappa shape index (κ2) is 12.1. The number of hydrogen-bond acceptors (Lipinski definition) is 7. The molecule has 41 heavy (non-hydrogen) atoms. The predicted octanol–water partition coefficient (Wildman–Crippen LogP) is 6.46. The van der Waals surface area contributed by atoms with Crippen molar-refractivity contribution in [1.82, 2.24) is 4.57 Å². The molecule has 0 N–H and O–H groups in total. The second-order valence-electron chi connectivity index (χ2n) is 9.46. The molecule has 2 aromatic carbocycles. The molecule has 5 rings (SSSR count). The molecule has 4 aromatic rings. The van der Waals surface area contributed by atoms with Crippen LogP contribution in [0.15, 0.2) is 74.0 Å². The van der Waals surface area contributed by atoms with E-state index in [0.717, 1.165) is 17.5 Å². The summed E-state index contributed by atoms with van der Waals surface area (Å²) in [7, 11) is 1.54. The van der Waals surface area contributed by atoms with E-state index in [1.165, 1.54) is 23.0 Å². The Bertz CT molecular complexity index is 1850. The van der Waals surface area contributed by atoms with Crippen LogP contribution in [0.5, 0.6) is 5.75 Å². The highest BCUT2D eigenvalue weighted by molar-refractivity contribution is 7.07. The smallest absolute Gasteiger partial charge is 0.338 e. The van der Waals surface area contributed by atoms with Crippen molar-refractivity contribution < 1.29 is 18.7 Å². The van der Waals surface area contributed by atoms with Crippen molar-refractivity contribution in [2.75, 3.05) is 13.7 Å². The van der Waals surface area contributed by atoms with Crippen LogP contribution in [0.25, 0.3) is 17.4 Å². The van der Waals surface area contributed by atoms with E-state index in [1.54, 1.807) is 37.3 Å². The molecule has 0 amide bonds. The van der Waals surface area contributed by atoms with Crippen molar-refractivity contribution in [1.29, 1.82) is 0 Å².